The van der Waals surface area contributed by atoms with Gasteiger partial charge in [0.2, 0.25) is 5.95 Å². The molecule has 0 unspecified atom stereocenters. The summed E-state index contributed by atoms with van der Waals surface area (Å²) >= 11 is 0. The van der Waals surface area contributed by atoms with Gasteiger partial charge in [0, 0.05) is 55.0 Å². The molecule has 1 radical (unpaired) electrons. The highest BCUT2D eigenvalue weighted by atomic mass is 19.1. The van der Waals surface area contributed by atoms with Crippen molar-refractivity contribution in [2.45, 2.75) is 19.4 Å². The average molecular weight is 343 g/mol. The van der Waals surface area contributed by atoms with Crippen LogP contribution < -0.4 is 4.90 Å². The van der Waals surface area contributed by atoms with Crippen LogP contribution in [0.15, 0.2) is 35.7 Å². The third-order valence-corrected chi connectivity index (χ3v) is 4.11. The van der Waals surface area contributed by atoms with Crippen LogP contribution >= 0.6 is 0 Å². The van der Waals surface area contributed by atoms with E-state index < -0.39 is 5.82 Å². The van der Waals surface area contributed by atoms with Gasteiger partial charge in [-0.1, -0.05) is 23.4 Å². The zero-order valence-corrected chi connectivity index (χ0v) is 13.9. The number of oxime groups is 1. The van der Waals surface area contributed by atoms with E-state index in [1.807, 2.05) is 0 Å². The fraction of sp³-hybridized carbons (Fsp3) is 0.333. The molecule has 1 aromatic carbocycles. The molecule has 7 heteroatoms. The summed E-state index contributed by atoms with van der Waals surface area (Å²) in [6, 6.07) is 4.91. The Morgan fingerprint density at radius 3 is 2.60 bits per heavy atom. The molecule has 131 valence electrons. The summed E-state index contributed by atoms with van der Waals surface area (Å²) in [6.45, 7) is 5.08. The summed E-state index contributed by atoms with van der Waals surface area (Å²) in [6.07, 6.45) is 4.80. The van der Waals surface area contributed by atoms with Crippen molar-refractivity contribution in [3.63, 3.8) is 0 Å². The lowest BCUT2D eigenvalue weighted by Gasteiger charge is -2.27. The maximum Gasteiger partial charge on any atom is 0.225 e. The monoisotopic (exact) mass is 343 g/mol. The van der Waals surface area contributed by atoms with Crippen LogP contribution in [0.4, 0.5) is 10.3 Å². The van der Waals surface area contributed by atoms with E-state index in [4.69, 9.17) is 4.84 Å². The quantitative estimate of drug-likeness (QED) is 0.845. The van der Waals surface area contributed by atoms with Crippen molar-refractivity contribution < 1.29 is 14.3 Å². The lowest BCUT2D eigenvalue weighted by Crippen LogP contribution is -2.35. The lowest BCUT2D eigenvalue weighted by molar-refractivity contribution is 0.171. The van der Waals surface area contributed by atoms with Gasteiger partial charge < -0.3 is 14.8 Å². The topological polar surface area (TPSA) is 70.8 Å². The fourth-order valence-electron chi connectivity index (χ4n) is 2.74. The number of halogens is 1. The van der Waals surface area contributed by atoms with Gasteiger partial charge in [-0.05, 0) is 6.92 Å². The second-order valence-corrected chi connectivity index (χ2v) is 5.69. The van der Waals surface area contributed by atoms with Crippen LogP contribution in [0.1, 0.15) is 18.4 Å². The molecule has 1 aliphatic rings. The van der Waals surface area contributed by atoms with Crippen molar-refractivity contribution in [2.75, 3.05) is 24.6 Å². The van der Waals surface area contributed by atoms with Gasteiger partial charge in [0.05, 0.1) is 12.3 Å². The Balaban J connectivity index is 1.71. The lowest BCUT2D eigenvalue weighted by atomic mass is 10.1. The first kappa shape index (κ1) is 17.3. The molecule has 1 N–H and O–H groups in total. The molecule has 1 aliphatic heterocycles. The van der Waals surface area contributed by atoms with Crippen molar-refractivity contribution in [1.82, 2.24) is 9.97 Å². The molecule has 0 spiro atoms. The first-order chi connectivity index (χ1) is 12.2. The molecule has 3 rings (SSSR count). The number of aromatic nitrogens is 2. The normalized spacial score (nSPS) is 14.5. The molecular formula is C18H20FN4O2. The fourth-order valence-corrected chi connectivity index (χ4v) is 2.74. The molecule has 6 nitrogen and oxygen atoms in total. The molecule has 2 aromatic rings. The number of rotatable bonds is 5. The van der Waals surface area contributed by atoms with Crippen LogP contribution in [0.25, 0.3) is 11.1 Å². The second kappa shape index (κ2) is 8.02. The SMILES string of the molecule is [CH2]CON=C1CCN(c2ncc(-c3cccc(CO)c3F)cn2)CC1. The van der Waals surface area contributed by atoms with Crippen LogP contribution in [-0.4, -0.2) is 40.5 Å². The Labute approximate surface area is 146 Å². The van der Waals surface area contributed by atoms with E-state index in [0.717, 1.165) is 31.6 Å². The minimum atomic E-state index is -0.439. The second-order valence-electron chi connectivity index (χ2n) is 5.69. The van der Waals surface area contributed by atoms with E-state index in [0.29, 0.717) is 23.7 Å². The van der Waals surface area contributed by atoms with E-state index in [-0.39, 0.29) is 12.2 Å². The highest BCUT2D eigenvalue weighted by Crippen LogP contribution is 2.25. The van der Waals surface area contributed by atoms with Crippen LogP contribution in [-0.2, 0) is 11.4 Å². The van der Waals surface area contributed by atoms with Crippen LogP contribution in [0.2, 0.25) is 0 Å². The van der Waals surface area contributed by atoms with Gasteiger partial charge in [0.1, 0.15) is 12.4 Å². The molecule has 0 atom stereocenters. The Kier molecular flexibility index (Phi) is 5.55. The Morgan fingerprint density at radius 1 is 1.24 bits per heavy atom. The molecule has 1 fully saturated rings. The molecule has 2 heterocycles. The van der Waals surface area contributed by atoms with Gasteiger partial charge in [0.25, 0.3) is 0 Å². The van der Waals surface area contributed by atoms with Gasteiger partial charge in [-0.2, -0.15) is 0 Å². The minimum Gasteiger partial charge on any atom is -0.396 e. The summed E-state index contributed by atoms with van der Waals surface area (Å²) < 4.78 is 14.3. The first-order valence-corrected chi connectivity index (χ1v) is 8.15. The van der Waals surface area contributed by atoms with E-state index >= 15 is 0 Å². The van der Waals surface area contributed by atoms with Crippen molar-refractivity contribution >= 4 is 11.7 Å². The summed E-state index contributed by atoms with van der Waals surface area (Å²) in [5.74, 6) is 0.171. The zero-order valence-electron chi connectivity index (χ0n) is 13.9. The Hall–Kier alpha value is -2.54. The van der Waals surface area contributed by atoms with Crippen molar-refractivity contribution in [3.8, 4) is 11.1 Å². The number of hydrogen-bond donors (Lipinski definition) is 1. The smallest absolute Gasteiger partial charge is 0.225 e. The molecule has 0 saturated carbocycles. The number of benzene rings is 1. The van der Waals surface area contributed by atoms with Crippen molar-refractivity contribution in [2.24, 2.45) is 5.16 Å². The maximum atomic E-state index is 14.3. The van der Waals surface area contributed by atoms with Gasteiger partial charge >= 0.3 is 0 Å². The zero-order chi connectivity index (χ0) is 17.6. The van der Waals surface area contributed by atoms with Crippen molar-refractivity contribution in [1.29, 1.82) is 0 Å². The van der Waals surface area contributed by atoms with Crippen LogP contribution in [0.3, 0.4) is 0 Å². The third kappa shape index (κ3) is 3.93. The van der Waals surface area contributed by atoms with Gasteiger partial charge in [-0.3, -0.25) is 0 Å². The van der Waals surface area contributed by atoms with E-state index in [1.54, 1.807) is 30.6 Å². The molecule has 25 heavy (non-hydrogen) atoms. The number of aliphatic hydroxyl groups excluding tert-OH is 1. The van der Waals surface area contributed by atoms with E-state index in [9.17, 15) is 9.50 Å². The molecule has 1 saturated heterocycles. The van der Waals surface area contributed by atoms with E-state index in [2.05, 4.69) is 26.9 Å². The largest absolute Gasteiger partial charge is 0.396 e. The number of piperidine rings is 1. The molecule has 1 aromatic heterocycles. The van der Waals surface area contributed by atoms with Gasteiger partial charge in [0.15, 0.2) is 0 Å². The Bertz CT molecular complexity index is 739. The number of nitrogens with zero attached hydrogens (tertiary/aromatic N) is 4. The number of anilines is 1. The summed E-state index contributed by atoms with van der Waals surface area (Å²) in [5, 5.41) is 13.2. The van der Waals surface area contributed by atoms with Gasteiger partial charge in [-0.15, -0.1) is 0 Å². The highest BCUT2D eigenvalue weighted by Gasteiger charge is 2.18. The molecule has 0 aliphatic carbocycles. The minimum absolute atomic E-state index is 0.258. The average Bonchev–Trinajstić information content (AvgIpc) is 2.67. The molecular weight excluding hydrogens is 323 g/mol. The highest BCUT2D eigenvalue weighted by molar-refractivity contribution is 5.86. The number of hydrogen-bond acceptors (Lipinski definition) is 6. The Morgan fingerprint density at radius 2 is 1.96 bits per heavy atom. The summed E-state index contributed by atoms with van der Waals surface area (Å²) in [4.78, 5) is 15.8. The maximum absolute atomic E-state index is 14.3. The van der Waals surface area contributed by atoms with Crippen molar-refractivity contribution in [3.05, 3.63) is 48.9 Å². The third-order valence-electron chi connectivity index (χ3n) is 4.11. The predicted molar refractivity (Wildman–Crippen MR) is 93.5 cm³/mol. The van der Waals surface area contributed by atoms with Crippen LogP contribution in [0.5, 0.6) is 0 Å². The number of aliphatic hydroxyl groups is 1. The van der Waals surface area contributed by atoms with Gasteiger partial charge in [-0.25, -0.2) is 14.4 Å². The summed E-state index contributed by atoms with van der Waals surface area (Å²) in [7, 11) is 0. The standard InChI is InChI=1S/C18H20FN4O2/c1-2-25-22-15-6-8-23(9-7-15)18-20-10-14(11-21-18)16-5-3-4-13(12-24)17(16)19/h3-5,10-11,24H,1-2,6-9,12H2. The van der Waals surface area contributed by atoms with Crippen LogP contribution in [0, 0.1) is 12.7 Å². The first-order valence-electron chi connectivity index (χ1n) is 8.15. The molecule has 0 amide bonds. The summed E-state index contributed by atoms with van der Waals surface area (Å²) in [5.41, 5.74) is 2.24. The molecule has 0 bridgehead atoms. The van der Waals surface area contributed by atoms with E-state index in [1.165, 1.54) is 0 Å². The predicted octanol–water partition coefficient (Wildman–Crippen LogP) is 2.58.